The number of nitrogens with one attached hydrogen (secondary N) is 1. The Kier molecular flexibility index (Phi) is 11.7. The van der Waals surface area contributed by atoms with Crippen molar-refractivity contribution in [2.24, 2.45) is 5.73 Å². The molecule has 3 aromatic heterocycles. The maximum Gasteiger partial charge on any atom is 0.339 e. The summed E-state index contributed by atoms with van der Waals surface area (Å²) in [5.41, 5.74) is 17.0. The zero-order valence-electron chi connectivity index (χ0n) is 31.2. The monoisotopic (exact) mass is 766 g/mol. The maximum atomic E-state index is 14.1. The van der Waals surface area contributed by atoms with Gasteiger partial charge in [-0.1, -0.05) is 60.7 Å². The molecule has 57 heavy (non-hydrogen) atoms. The van der Waals surface area contributed by atoms with Crippen LogP contribution in [-0.2, 0) is 9.47 Å². The van der Waals surface area contributed by atoms with Crippen LogP contribution in [-0.4, -0.2) is 46.1 Å². The number of fused-ring (bicyclic) bond motifs is 2. The van der Waals surface area contributed by atoms with Gasteiger partial charge in [-0.3, -0.25) is 4.98 Å². The molecule has 0 radical (unpaired) electrons. The molecule has 0 bridgehead atoms. The van der Waals surface area contributed by atoms with Crippen molar-refractivity contribution in [1.82, 2.24) is 19.9 Å². The standard InChI is InChI=1S/C24H19FN6O2.C19H17FN2O2/c1-13(30-23-17(11-26)22(27)28-12-29-23)21-19(14-6-4-3-5-7-14)20(24(32)33-2)16-10-15(25)8-9-18(16)31-21;1-11(21)18-16(12-6-4-3-5-7-12)17(19(23)24-2)14-10-13(20)8-9-15(14)22-18/h3-10,12-13H,1-2H3,(H3,27,28,29,30);3-11H,21H2,1-2H3. The van der Waals surface area contributed by atoms with Gasteiger partial charge < -0.3 is 26.3 Å². The highest BCUT2D eigenvalue weighted by molar-refractivity contribution is 6.11. The number of nitriles is 1. The summed E-state index contributed by atoms with van der Waals surface area (Å²) in [6, 6.07) is 27.7. The number of methoxy groups -OCH3 is 2. The molecule has 0 fully saturated rings. The van der Waals surface area contributed by atoms with E-state index in [0.29, 0.717) is 49.9 Å². The molecule has 4 aromatic carbocycles. The lowest BCUT2D eigenvalue weighted by Gasteiger charge is -2.22. The second kappa shape index (κ2) is 17.0. The van der Waals surface area contributed by atoms with Crippen molar-refractivity contribution >= 4 is 45.4 Å². The molecule has 0 aliphatic carbocycles. The van der Waals surface area contributed by atoms with E-state index < -0.39 is 35.7 Å². The third-order valence-corrected chi connectivity index (χ3v) is 9.04. The summed E-state index contributed by atoms with van der Waals surface area (Å²) in [4.78, 5) is 42.7. The number of nitrogens with zero attached hydrogens (tertiary/aromatic N) is 5. The number of ether oxygens (including phenoxy) is 2. The summed E-state index contributed by atoms with van der Waals surface area (Å²) in [6.07, 6.45) is 1.25. The fourth-order valence-electron chi connectivity index (χ4n) is 6.47. The molecular weight excluding hydrogens is 731 g/mol. The number of carbonyl (C=O) groups excluding carboxylic acids is 2. The Morgan fingerprint density at radius 3 is 1.67 bits per heavy atom. The van der Waals surface area contributed by atoms with Crippen molar-refractivity contribution in [3.05, 3.63) is 143 Å². The fourth-order valence-corrected chi connectivity index (χ4v) is 6.47. The highest BCUT2D eigenvalue weighted by Crippen LogP contribution is 2.38. The van der Waals surface area contributed by atoms with Crippen molar-refractivity contribution < 1.29 is 27.8 Å². The van der Waals surface area contributed by atoms with Crippen LogP contribution >= 0.6 is 0 Å². The van der Waals surface area contributed by atoms with Gasteiger partial charge in [0, 0.05) is 27.9 Å². The minimum atomic E-state index is -0.621. The van der Waals surface area contributed by atoms with Gasteiger partial charge in [-0.2, -0.15) is 5.26 Å². The molecule has 0 aliphatic rings. The molecule has 2 unspecified atom stereocenters. The lowest BCUT2D eigenvalue weighted by atomic mass is 9.92. The molecule has 12 nitrogen and oxygen atoms in total. The number of pyridine rings is 2. The molecule has 5 N–H and O–H groups in total. The molecule has 0 saturated heterocycles. The van der Waals surface area contributed by atoms with Crippen molar-refractivity contribution in [3.63, 3.8) is 0 Å². The average molecular weight is 767 g/mol. The molecule has 14 heteroatoms. The highest BCUT2D eigenvalue weighted by atomic mass is 19.1. The minimum Gasteiger partial charge on any atom is -0.465 e. The van der Waals surface area contributed by atoms with Crippen LogP contribution in [0.1, 0.15) is 63.6 Å². The Hall–Kier alpha value is -7.37. The van der Waals surface area contributed by atoms with Crippen molar-refractivity contribution in [2.45, 2.75) is 25.9 Å². The van der Waals surface area contributed by atoms with Crippen LogP contribution in [0.3, 0.4) is 0 Å². The van der Waals surface area contributed by atoms with E-state index in [0.717, 1.165) is 5.56 Å². The Morgan fingerprint density at radius 2 is 1.21 bits per heavy atom. The van der Waals surface area contributed by atoms with E-state index in [-0.39, 0.29) is 28.3 Å². The molecule has 0 aliphatic heterocycles. The quantitative estimate of drug-likeness (QED) is 0.126. The van der Waals surface area contributed by atoms with E-state index in [9.17, 15) is 23.6 Å². The largest absolute Gasteiger partial charge is 0.465 e. The average Bonchev–Trinajstić information content (AvgIpc) is 3.22. The van der Waals surface area contributed by atoms with Gasteiger partial charge in [0.15, 0.2) is 0 Å². The van der Waals surface area contributed by atoms with E-state index in [1.54, 1.807) is 6.92 Å². The fraction of sp³-hybridized carbons (Fsp3) is 0.140. The van der Waals surface area contributed by atoms with Crippen LogP contribution in [0, 0.1) is 23.0 Å². The summed E-state index contributed by atoms with van der Waals surface area (Å²) in [5, 5.41) is 13.4. The van der Waals surface area contributed by atoms with E-state index >= 15 is 0 Å². The minimum absolute atomic E-state index is 0.0441. The van der Waals surface area contributed by atoms with Gasteiger partial charge in [0.25, 0.3) is 0 Å². The van der Waals surface area contributed by atoms with Gasteiger partial charge in [-0.05, 0) is 61.4 Å². The first-order valence-electron chi connectivity index (χ1n) is 17.5. The molecule has 0 saturated carbocycles. The van der Waals surface area contributed by atoms with E-state index in [1.807, 2.05) is 73.7 Å². The SMILES string of the molecule is COC(=O)c1c(-c2ccccc2)c(C(C)N)nc2ccc(F)cc12.COC(=O)c1c(-c2ccccc2)c(C(C)Nc2ncnc(N)c2C#N)nc2ccc(F)cc12. The number of halogens is 2. The third-order valence-electron chi connectivity index (χ3n) is 9.04. The first-order valence-corrected chi connectivity index (χ1v) is 17.5. The van der Waals surface area contributed by atoms with Gasteiger partial charge in [0.2, 0.25) is 0 Å². The number of esters is 2. The maximum absolute atomic E-state index is 14.1. The van der Waals surface area contributed by atoms with Crippen LogP contribution in [0.5, 0.6) is 0 Å². The van der Waals surface area contributed by atoms with Crippen LogP contribution in [0.25, 0.3) is 44.1 Å². The first-order chi connectivity index (χ1) is 27.5. The van der Waals surface area contributed by atoms with Crippen LogP contribution < -0.4 is 16.8 Å². The number of benzene rings is 4. The second-order valence-corrected chi connectivity index (χ2v) is 12.8. The first kappa shape index (κ1) is 39.3. The van der Waals surface area contributed by atoms with Crippen LogP contribution in [0.2, 0.25) is 0 Å². The number of rotatable bonds is 8. The van der Waals surface area contributed by atoms with Gasteiger partial charge in [-0.25, -0.2) is 33.3 Å². The summed E-state index contributed by atoms with van der Waals surface area (Å²) in [5.74, 6) is -1.83. The summed E-state index contributed by atoms with van der Waals surface area (Å²) in [7, 11) is 2.57. The second-order valence-electron chi connectivity index (χ2n) is 12.8. The summed E-state index contributed by atoms with van der Waals surface area (Å²) < 4.78 is 37.9. The number of nitrogen functional groups attached to an aromatic ring is 1. The normalized spacial score (nSPS) is 11.8. The summed E-state index contributed by atoms with van der Waals surface area (Å²) in [6.45, 7) is 3.61. The van der Waals surface area contributed by atoms with Crippen molar-refractivity contribution in [1.29, 1.82) is 5.26 Å². The van der Waals surface area contributed by atoms with E-state index in [1.165, 1.54) is 56.9 Å². The molecule has 286 valence electrons. The van der Waals surface area contributed by atoms with E-state index in [2.05, 4.69) is 20.3 Å². The Balaban J connectivity index is 0.000000203. The van der Waals surface area contributed by atoms with Crippen LogP contribution in [0.15, 0.2) is 103 Å². The molecule has 3 heterocycles. The number of carbonyl (C=O) groups is 2. The molecule has 2 atom stereocenters. The number of hydrogen-bond donors (Lipinski definition) is 3. The topological polar surface area (TPSA) is 192 Å². The highest BCUT2D eigenvalue weighted by Gasteiger charge is 2.27. The molecule has 7 aromatic rings. The molecule has 0 amide bonds. The molecular formula is C43H36F2N8O4. The zero-order chi connectivity index (χ0) is 40.8. The lowest BCUT2D eigenvalue weighted by Crippen LogP contribution is -2.16. The predicted molar refractivity (Wildman–Crippen MR) is 213 cm³/mol. The van der Waals surface area contributed by atoms with E-state index in [4.69, 9.17) is 25.9 Å². The van der Waals surface area contributed by atoms with Gasteiger partial charge in [-0.15, -0.1) is 0 Å². The molecule has 7 rings (SSSR count). The number of aromatic nitrogens is 4. The lowest BCUT2D eigenvalue weighted by molar-refractivity contribution is 0.0594. The summed E-state index contributed by atoms with van der Waals surface area (Å²) >= 11 is 0. The Labute approximate surface area is 326 Å². The van der Waals surface area contributed by atoms with Crippen LogP contribution in [0.4, 0.5) is 20.4 Å². The zero-order valence-corrected chi connectivity index (χ0v) is 31.2. The number of nitrogens with two attached hydrogens (primary N) is 2. The Morgan fingerprint density at radius 1 is 0.737 bits per heavy atom. The van der Waals surface area contributed by atoms with Crippen molar-refractivity contribution in [3.8, 4) is 28.3 Å². The van der Waals surface area contributed by atoms with Gasteiger partial charge >= 0.3 is 11.9 Å². The van der Waals surface area contributed by atoms with Gasteiger partial charge in [0.05, 0.1) is 53.8 Å². The third kappa shape index (κ3) is 8.05. The smallest absolute Gasteiger partial charge is 0.339 e. The number of hydrogen-bond acceptors (Lipinski definition) is 12. The Bertz CT molecular complexity index is 2670. The number of anilines is 2. The predicted octanol–water partition coefficient (Wildman–Crippen LogP) is 8.09. The van der Waals surface area contributed by atoms with Crippen molar-refractivity contribution in [2.75, 3.05) is 25.3 Å². The molecule has 0 spiro atoms. The van der Waals surface area contributed by atoms with Gasteiger partial charge in [0.1, 0.15) is 41.2 Å².